The third kappa shape index (κ3) is 3.98. The Kier molecular flexibility index (Phi) is 5.37. The van der Waals surface area contributed by atoms with Gasteiger partial charge in [-0.05, 0) is 25.3 Å². The van der Waals surface area contributed by atoms with E-state index in [4.69, 9.17) is 10.00 Å². The second-order valence-corrected chi connectivity index (χ2v) is 5.25. The molecule has 6 heteroatoms. The quantitative estimate of drug-likeness (QED) is 0.919. The molecule has 1 aliphatic heterocycles. The lowest BCUT2D eigenvalue weighted by Gasteiger charge is -2.23. The number of carbonyl (C=O) groups is 2. The largest absolute Gasteiger partial charge is 0.445 e. The number of hydrogen-bond acceptors (Lipinski definition) is 4. The normalized spacial score (nSPS) is 18.4. The molecule has 1 heterocycles. The van der Waals surface area contributed by atoms with Crippen LogP contribution in [0.25, 0.3) is 0 Å². The van der Waals surface area contributed by atoms with Crippen LogP contribution in [-0.2, 0) is 16.1 Å². The van der Waals surface area contributed by atoms with Gasteiger partial charge in [0.05, 0.1) is 6.07 Å². The summed E-state index contributed by atoms with van der Waals surface area (Å²) < 4.78 is 5.08. The van der Waals surface area contributed by atoms with E-state index in [-0.39, 0.29) is 12.5 Å². The summed E-state index contributed by atoms with van der Waals surface area (Å²) in [6.07, 6.45) is 0.861. The number of hydrogen-bond donors (Lipinski definition) is 1. The lowest BCUT2D eigenvalue weighted by atomic mass is 10.2. The van der Waals surface area contributed by atoms with Gasteiger partial charge in [0.15, 0.2) is 0 Å². The first-order valence-electron chi connectivity index (χ1n) is 7.29. The average molecular weight is 301 g/mol. The minimum Gasteiger partial charge on any atom is -0.445 e. The third-order valence-electron chi connectivity index (χ3n) is 3.60. The lowest BCUT2D eigenvalue weighted by Crippen LogP contribution is -2.48. The summed E-state index contributed by atoms with van der Waals surface area (Å²) in [5.74, 6) is -0.249. The third-order valence-corrected chi connectivity index (χ3v) is 3.60. The van der Waals surface area contributed by atoms with E-state index in [1.54, 1.807) is 6.92 Å². The topological polar surface area (TPSA) is 82.4 Å². The molecule has 0 unspecified atom stereocenters. The van der Waals surface area contributed by atoms with E-state index in [0.29, 0.717) is 13.0 Å². The summed E-state index contributed by atoms with van der Waals surface area (Å²) in [7, 11) is 0. The van der Waals surface area contributed by atoms with E-state index in [1.165, 1.54) is 4.90 Å². The van der Waals surface area contributed by atoms with Crippen LogP contribution in [0.5, 0.6) is 0 Å². The van der Waals surface area contributed by atoms with Gasteiger partial charge in [0, 0.05) is 6.54 Å². The smallest absolute Gasteiger partial charge is 0.408 e. The van der Waals surface area contributed by atoms with E-state index >= 15 is 0 Å². The van der Waals surface area contributed by atoms with E-state index < -0.39 is 18.2 Å². The molecule has 0 bridgehead atoms. The zero-order valence-corrected chi connectivity index (χ0v) is 12.5. The lowest BCUT2D eigenvalue weighted by molar-refractivity contribution is -0.132. The highest BCUT2D eigenvalue weighted by atomic mass is 16.5. The molecule has 1 N–H and O–H groups in total. The van der Waals surface area contributed by atoms with Crippen molar-refractivity contribution in [2.45, 2.75) is 38.5 Å². The van der Waals surface area contributed by atoms with Crippen LogP contribution in [0.2, 0.25) is 0 Å². The molecule has 1 aromatic carbocycles. The number of benzene rings is 1. The molecule has 2 rings (SSSR count). The maximum Gasteiger partial charge on any atom is 0.408 e. The molecule has 0 aliphatic carbocycles. The Hall–Kier alpha value is -2.55. The van der Waals surface area contributed by atoms with Crippen LogP contribution >= 0.6 is 0 Å². The Morgan fingerprint density at radius 1 is 1.45 bits per heavy atom. The molecule has 1 aromatic rings. The van der Waals surface area contributed by atoms with E-state index in [1.807, 2.05) is 30.3 Å². The number of rotatable bonds is 4. The Balaban J connectivity index is 1.81. The van der Waals surface area contributed by atoms with Gasteiger partial charge >= 0.3 is 6.09 Å². The van der Waals surface area contributed by atoms with Gasteiger partial charge in [0.25, 0.3) is 0 Å². The highest BCUT2D eigenvalue weighted by molar-refractivity contribution is 5.86. The van der Waals surface area contributed by atoms with Gasteiger partial charge in [0.2, 0.25) is 5.91 Å². The Bertz CT molecular complexity index is 568. The first-order chi connectivity index (χ1) is 10.6. The second kappa shape index (κ2) is 7.46. The molecule has 6 nitrogen and oxygen atoms in total. The maximum absolute atomic E-state index is 12.2. The van der Waals surface area contributed by atoms with Gasteiger partial charge in [-0.25, -0.2) is 4.79 Å². The maximum atomic E-state index is 12.2. The number of amides is 2. The molecule has 0 spiro atoms. The number of likely N-dealkylation sites (tertiary alicyclic amines) is 1. The van der Waals surface area contributed by atoms with Crippen molar-refractivity contribution in [1.29, 1.82) is 5.26 Å². The summed E-state index contributed by atoms with van der Waals surface area (Å²) in [5.41, 5.74) is 0.876. The van der Waals surface area contributed by atoms with Crippen molar-refractivity contribution < 1.29 is 14.3 Å². The predicted octanol–water partition coefficient (Wildman–Crippen LogP) is 1.82. The van der Waals surface area contributed by atoms with Crippen molar-refractivity contribution in [2.24, 2.45) is 0 Å². The zero-order valence-electron chi connectivity index (χ0n) is 12.5. The van der Waals surface area contributed by atoms with Crippen LogP contribution < -0.4 is 5.32 Å². The van der Waals surface area contributed by atoms with E-state index in [9.17, 15) is 9.59 Å². The molecule has 1 saturated heterocycles. The summed E-state index contributed by atoms with van der Waals surface area (Å²) >= 11 is 0. The highest BCUT2D eigenvalue weighted by Gasteiger charge is 2.32. The summed E-state index contributed by atoms with van der Waals surface area (Å²) in [5, 5.41) is 11.5. The molecule has 0 aromatic heterocycles. The minimum atomic E-state index is -0.711. The van der Waals surface area contributed by atoms with Crippen molar-refractivity contribution >= 4 is 12.0 Å². The Labute approximate surface area is 129 Å². The van der Waals surface area contributed by atoms with Gasteiger partial charge in [-0.2, -0.15) is 5.26 Å². The molecule has 116 valence electrons. The van der Waals surface area contributed by atoms with E-state index in [2.05, 4.69) is 11.4 Å². The summed E-state index contributed by atoms with van der Waals surface area (Å²) in [6, 6.07) is 10.3. The van der Waals surface area contributed by atoms with Crippen molar-refractivity contribution in [3.63, 3.8) is 0 Å². The number of nitrogens with one attached hydrogen (secondary N) is 1. The van der Waals surface area contributed by atoms with Gasteiger partial charge < -0.3 is 15.0 Å². The SMILES string of the molecule is C[C@@H](NC(=O)OCc1ccccc1)C(=O)N1CCC[C@H]1C#N. The summed E-state index contributed by atoms with van der Waals surface area (Å²) in [6.45, 7) is 2.30. The highest BCUT2D eigenvalue weighted by Crippen LogP contribution is 2.17. The van der Waals surface area contributed by atoms with Gasteiger partial charge in [-0.15, -0.1) is 0 Å². The van der Waals surface area contributed by atoms with E-state index in [0.717, 1.165) is 12.0 Å². The summed E-state index contributed by atoms with van der Waals surface area (Å²) in [4.78, 5) is 25.5. The number of nitrogens with zero attached hydrogens (tertiary/aromatic N) is 2. The monoisotopic (exact) mass is 301 g/mol. The van der Waals surface area contributed by atoms with Crippen LogP contribution in [0, 0.1) is 11.3 Å². The molecular formula is C16H19N3O3. The Morgan fingerprint density at radius 3 is 2.86 bits per heavy atom. The fourth-order valence-corrected chi connectivity index (χ4v) is 2.42. The van der Waals surface area contributed by atoms with Crippen LogP contribution in [0.1, 0.15) is 25.3 Å². The van der Waals surface area contributed by atoms with Crippen molar-refractivity contribution in [2.75, 3.05) is 6.54 Å². The first-order valence-corrected chi connectivity index (χ1v) is 7.29. The minimum absolute atomic E-state index is 0.151. The van der Waals surface area contributed by atoms with Crippen LogP contribution in [0.15, 0.2) is 30.3 Å². The average Bonchev–Trinajstić information content (AvgIpc) is 3.01. The van der Waals surface area contributed by atoms with Crippen molar-refractivity contribution in [1.82, 2.24) is 10.2 Å². The molecule has 2 atom stereocenters. The van der Waals surface area contributed by atoms with Gasteiger partial charge in [-0.3, -0.25) is 4.79 Å². The number of carbonyl (C=O) groups excluding carboxylic acids is 2. The molecule has 2 amide bonds. The molecule has 22 heavy (non-hydrogen) atoms. The zero-order chi connectivity index (χ0) is 15.9. The standard InChI is InChI=1S/C16H19N3O3/c1-12(15(20)19-9-5-8-14(19)10-17)18-16(21)22-11-13-6-3-2-4-7-13/h2-4,6-7,12,14H,5,8-9,11H2,1H3,(H,18,21)/t12-,14+/m1/s1. The number of nitriles is 1. The Morgan fingerprint density at radius 2 is 2.18 bits per heavy atom. The fraction of sp³-hybridized carbons (Fsp3) is 0.438. The van der Waals surface area contributed by atoms with Crippen LogP contribution in [0.3, 0.4) is 0 Å². The first kappa shape index (κ1) is 15.8. The molecule has 0 saturated carbocycles. The van der Waals surface area contributed by atoms with Gasteiger partial charge in [0.1, 0.15) is 18.7 Å². The fourth-order valence-electron chi connectivity index (χ4n) is 2.42. The molecule has 0 radical (unpaired) electrons. The molecular weight excluding hydrogens is 282 g/mol. The van der Waals surface area contributed by atoms with Crippen LogP contribution in [-0.4, -0.2) is 35.5 Å². The number of ether oxygens (including phenoxy) is 1. The molecule has 1 fully saturated rings. The second-order valence-electron chi connectivity index (χ2n) is 5.25. The predicted molar refractivity (Wildman–Crippen MR) is 79.6 cm³/mol. The van der Waals surface area contributed by atoms with Crippen molar-refractivity contribution in [3.05, 3.63) is 35.9 Å². The van der Waals surface area contributed by atoms with Crippen LogP contribution in [0.4, 0.5) is 4.79 Å². The molecule has 1 aliphatic rings. The van der Waals surface area contributed by atoms with Gasteiger partial charge in [-0.1, -0.05) is 30.3 Å². The van der Waals surface area contributed by atoms with Crippen molar-refractivity contribution in [3.8, 4) is 6.07 Å². The number of alkyl carbamates (subject to hydrolysis) is 1.